The lowest BCUT2D eigenvalue weighted by molar-refractivity contribution is -0.129. The maximum Gasteiger partial charge on any atom is 0.363 e. The Balaban J connectivity index is 1.54. The third-order valence-electron chi connectivity index (χ3n) is 4.59. The summed E-state index contributed by atoms with van der Waals surface area (Å²) in [5.74, 6) is 1.06. The van der Waals surface area contributed by atoms with Gasteiger partial charge in [-0.15, -0.1) is 0 Å². The first-order valence-electron chi connectivity index (χ1n) is 9.94. The van der Waals surface area contributed by atoms with Crippen LogP contribution in [0.15, 0.2) is 81.9 Å². The van der Waals surface area contributed by atoms with Gasteiger partial charge < -0.3 is 14.2 Å². The van der Waals surface area contributed by atoms with Crippen LogP contribution in [0, 0.1) is 3.57 Å². The summed E-state index contributed by atoms with van der Waals surface area (Å²) < 4.78 is 19.2. The molecule has 0 N–H and O–H groups in total. The van der Waals surface area contributed by atoms with Gasteiger partial charge in [0.2, 0.25) is 5.90 Å². The van der Waals surface area contributed by atoms with E-state index >= 15 is 0 Å². The van der Waals surface area contributed by atoms with Gasteiger partial charge in [-0.1, -0.05) is 34.1 Å². The fourth-order valence-corrected chi connectivity index (χ4v) is 3.65. The van der Waals surface area contributed by atoms with Gasteiger partial charge in [-0.25, -0.2) is 9.79 Å². The van der Waals surface area contributed by atoms with E-state index in [9.17, 15) is 4.79 Å². The molecule has 0 saturated heterocycles. The Morgan fingerprint density at radius 3 is 2.47 bits per heavy atom. The van der Waals surface area contributed by atoms with Crippen molar-refractivity contribution in [3.63, 3.8) is 0 Å². The molecule has 0 unspecified atom stereocenters. The Hall–Kier alpha value is -2.65. The smallest absolute Gasteiger partial charge is 0.363 e. The Bertz CT molecular complexity index is 1190. The molecule has 0 saturated carbocycles. The second kappa shape index (κ2) is 10.3. The second-order valence-corrected chi connectivity index (χ2v) is 9.06. The molecule has 5 nitrogen and oxygen atoms in total. The van der Waals surface area contributed by atoms with Crippen molar-refractivity contribution in [3.8, 4) is 11.5 Å². The van der Waals surface area contributed by atoms with E-state index in [1.54, 1.807) is 6.08 Å². The average Bonchev–Trinajstić information content (AvgIpc) is 3.15. The molecule has 0 aromatic heterocycles. The van der Waals surface area contributed by atoms with Gasteiger partial charge in [0.25, 0.3) is 0 Å². The van der Waals surface area contributed by atoms with Crippen molar-refractivity contribution in [1.82, 2.24) is 0 Å². The lowest BCUT2D eigenvalue weighted by atomic mass is 10.1. The Morgan fingerprint density at radius 2 is 1.75 bits per heavy atom. The molecule has 1 aliphatic heterocycles. The third kappa shape index (κ3) is 5.58. The third-order valence-corrected chi connectivity index (χ3v) is 5.84. The van der Waals surface area contributed by atoms with Gasteiger partial charge in [0.1, 0.15) is 6.61 Å². The molecule has 0 aliphatic carbocycles. The second-order valence-electron chi connectivity index (χ2n) is 6.90. The van der Waals surface area contributed by atoms with Gasteiger partial charge in [0.05, 0.1) is 6.61 Å². The number of cyclic esters (lactones) is 1. The number of hydrogen-bond donors (Lipinski definition) is 0. The van der Waals surface area contributed by atoms with Crippen LogP contribution in [0.3, 0.4) is 0 Å². The molecule has 4 rings (SSSR count). The molecule has 7 heteroatoms. The molecule has 32 heavy (non-hydrogen) atoms. The first-order valence-corrected chi connectivity index (χ1v) is 11.8. The van der Waals surface area contributed by atoms with Crippen LogP contribution in [0.1, 0.15) is 23.6 Å². The summed E-state index contributed by atoms with van der Waals surface area (Å²) in [7, 11) is 0. The van der Waals surface area contributed by atoms with E-state index in [0.29, 0.717) is 30.6 Å². The molecular formula is C25H19BrINO4. The lowest BCUT2D eigenvalue weighted by Gasteiger charge is -2.13. The predicted octanol–water partition coefficient (Wildman–Crippen LogP) is 6.38. The summed E-state index contributed by atoms with van der Waals surface area (Å²) in [6, 6.07) is 21.1. The molecule has 162 valence electrons. The SMILES string of the molecule is CCOc1cc(/C=C2\N=C(c3ccc(I)cc3)OC2=O)ccc1OCc1ccc(Br)cc1. The summed E-state index contributed by atoms with van der Waals surface area (Å²) in [5.41, 5.74) is 2.82. The zero-order valence-electron chi connectivity index (χ0n) is 17.2. The number of carbonyl (C=O) groups excluding carboxylic acids is 1. The average molecular weight is 604 g/mol. The molecule has 0 amide bonds. The van der Waals surface area contributed by atoms with E-state index < -0.39 is 5.97 Å². The summed E-state index contributed by atoms with van der Waals surface area (Å²) >= 11 is 5.66. The molecular weight excluding hydrogens is 585 g/mol. The van der Waals surface area contributed by atoms with Crippen LogP contribution in [0.4, 0.5) is 0 Å². The number of hydrogen-bond acceptors (Lipinski definition) is 5. The van der Waals surface area contributed by atoms with Crippen molar-refractivity contribution in [2.75, 3.05) is 6.61 Å². The maximum atomic E-state index is 12.3. The van der Waals surface area contributed by atoms with E-state index in [4.69, 9.17) is 14.2 Å². The highest BCUT2D eigenvalue weighted by Gasteiger charge is 2.24. The zero-order chi connectivity index (χ0) is 22.5. The van der Waals surface area contributed by atoms with E-state index in [1.807, 2.05) is 73.7 Å². The van der Waals surface area contributed by atoms with Crippen molar-refractivity contribution >= 4 is 56.5 Å². The highest BCUT2D eigenvalue weighted by Crippen LogP contribution is 2.31. The van der Waals surface area contributed by atoms with Crippen molar-refractivity contribution in [2.45, 2.75) is 13.5 Å². The normalized spacial score (nSPS) is 14.3. The standard InChI is InChI=1S/C25H19BrINO4/c1-2-30-23-14-17(5-12-22(23)31-15-16-3-8-19(26)9-4-16)13-21-25(29)32-24(28-21)18-6-10-20(27)11-7-18/h3-14H,2,15H2,1H3/b21-13-. The van der Waals surface area contributed by atoms with Crippen LogP contribution in [-0.4, -0.2) is 18.5 Å². The molecule has 0 radical (unpaired) electrons. The van der Waals surface area contributed by atoms with Crippen molar-refractivity contribution in [1.29, 1.82) is 0 Å². The highest BCUT2D eigenvalue weighted by molar-refractivity contribution is 14.1. The first kappa shape index (κ1) is 22.5. The quantitative estimate of drug-likeness (QED) is 0.179. The van der Waals surface area contributed by atoms with E-state index in [2.05, 4.69) is 43.5 Å². The zero-order valence-corrected chi connectivity index (χ0v) is 20.9. The predicted molar refractivity (Wildman–Crippen MR) is 136 cm³/mol. The number of esters is 1. The molecule has 0 spiro atoms. The van der Waals surface area contributed by atoms with Crippen LogP contribution in [-0.2, 0) is 16.1 Å². The van der Waals surface area contributed by atoms with Gasteiger partial charge in [-0.2, -0.15) is 0 Å². The van der Waals surface area contributed by atoms with Crippen LogP contribution in [0.2, 0.25) is 0 Å². The Kier molecular flexibility index (Phi) is 7.26. The fraction of sp³-hybridized carbons (Fsp3) is 0.120. The number of nitrogens with zero attached hydrogens (tertiary/aromatic N) is 1. The fourth-order valence-electron chi connectivity index (χ4n) is 3.03. The van der Waals surface area contributed by atoms with Crippen LogP contribution in [0.5, 0.6) is 11.5 Å². The van der Waals surface area contributed by atoms with Crippen molar-refractivity contribution in [3.05, 3.63) is 97.2 Å². The van der Waals surface area contributed by atoms with Gasteiger partial charge in [-0.05, 0) is 95.2 Å². The maximum absolute atomic E-state index is 12.3. The van der Waals surface area contributed by atoms with Crippen LogP contribution >= 0.6 is 38.5 Å². The minimum absolute atomic E-state index is 0.240. The Morgan fingerprint density at radius 1 is 1.00 bits per heavy atom. The van der Waals surface area contributed by atoms with E-state index in [0.717, 1.165) is 24.7 Å². The summed E-state index contributed by atoms with van der Waals surface area (Å²) in [6.07, 6.45) is 1.68. The van der Waals surface area contributed by atoms with Gasteiger partial charge in [-0.3, -0.25) is 0 Å². The minimum Gasteiger partial charge on any atom is -0.490 e. The molecule has 0 fully saturated rings. The monoisotopic (exact) mass is 603 g/mol. The topological polar surface area (TPSA) is 57.1 Å². The number of rotatable bonds is 7. The van der Waals surface area contributed by atoms with Gasteiger partial charge >= 0.3 is 5.97 Å². The summed E-state index contributed by atoms with van der Waals surface area (Å²) in [6.45, 7) is 2.82. The Labute approximate surface area is 208 Å². The number of carbonyl (C=O) groups is 1. The minimum atomic E-state index is -0.480. The van der Waals surface area contributed by atoms with Crippen LogP contribution in [0.25, 0.3) is 6.08 Å². The number of benzene rings is 3. The molecule has 3 aromatic rings. The van der Waals surface area contributed by atoms with Gasteiger partial charge in [0, 0.05) is 13.6 Å². The summed E-state index contributed by atoms with van der Waals surface area (Å²) in [4.78, 5) is 16.7. The molecule has 1 aliphatic rings. The largest absolute Gasteiger partial charge is 0.490 e. The van der Waals surface area contributed by atoms with E-state index in [-0.39, 0.29) is 5.70 Å². The number of ether oxygens (including phenoxy) is 3. The van der Waals surface area contributed by atoms with E-state index in [1.165, 1.54) is 0 Å². The molecule has 0 atom stereocenters. The number of halogens is 2. The highest BCUT2D eigenvalue weighted by atomic mass is 127. The van der Waals surface area contributed by atoms with Crippen molar-refractivity contribution < 1.29 is 19.0 Å². The molecule has 3 aromatic carbocycles. The molecule has 1 heterocycles. The van der Waals surface area contributed by atoms with Gasteiger partial charge in [0.15, 0.2) is 17.2 Å². The van der Waals surface area contributed by atoms with Crippen LogP contribution < -0.4 is 9.47 Å². The lowest BCUT2D eigenvalue weighted by Crippen LogP contribution is -2.05. The number of aliphatic imine (C=N–C) groups is 1. The summed E-state index contributed by atoms with van der Waals surface area (Å²) in [5, 5.41) is 0. The first-order chi connectivity index (χ1) is 15.5. The van der Waals surface area contributed by atoms with Crippen molar-refractivity contribution in [2.24, 2.45) is 4.99 Å². The molecule has 0 bridgehead atoms.